The quantitative estimate of drug-likeness (QED) is 0.650. The molecule has 0 aliphatic heterocycles. The lowest BCUT2D eigenvalue weighted by molar-refractivity contribution is 0.529. The summed E-state index contributed by atoms with van der Waals surface area (Å²) in [6.07, 6.45) is 2.01. The fourth-order valence-electron chi connectivity index (χ4n) is 2.63. The standard InChI is InChI=1S/C15H17ClN6O3/c1-20-13-12(14(24)21(2)15(20)25)17-10(18-13)5-3-4-8-22-11(23)7-6-9(16)19-22/h6-7H,3-5,8H2,1-2H3,(H,17,18). The van der Waals surface area contributed by atoms with Crippen molar-refractivity contribution in [3.63, 3.8) is 0 Å². The maximum atomic E-state index is 12.1. The molecule has 0 amide bonds. The summed E-state index contributed by atoms with van der Waals surface area (Å²) in [7, 11) is 3.01. The Morgan fingerprint density at radius 3 is 2.64 bits per heavy atom. The molecule has 3 rings (SSSR count). The zero-order chi connectivity index (χ0) is 18.1. The number of hydrogen-bond donors (Lipinski definition) is 1. The van der Waals surface area contributed by atoms with Crippen LogP contribution in [-0.4, -0.2) is 28.9 Å². The number of imidazole rings is 1. The molecule has 0 aliphatic rings. The van der Waals surface area contributed by atoms with E-state index in [0.717, 1.165) is 11.0 Å². The van der Waals surface area contributed by atoms with Crippen LogP contribution in [0, 0.1) is 0 Å². The molecule has 0 bridgehead atoms. The smallest absolute Gasteiger partial charge is 0.332 e. The van der Waals surface area contributed by atoms with Gasteiger partial charge >= 0.3 is 5.69 Å². The van der Waals surface area contributed by atoms with Crippen LogP contribution in [0.1, 0.15) is 18.7 Å². The highest BCUT2D eigenvalue weighted by Crippen LogP contribution is 2.08. The maximum Gasteiger partial charge on any atom is 0.332 e. The number of rotatable bonds is 5. The Kier molecular flexibility index (Phi) is 4.58. The highest BCUT2D eigenvalue weighted by Gasteiger charge is 2.13. The lowest BCUT2D eigenvalue weighted by Gasteiger charge is -2.03. The van der Waals surface area contributed by atoms with Gasteiger partial charge in [0.1, 0.15) is 16.5 Å². The molecule has 9 nitrogen and oxygen atoms in total. The molecule has 0 spiro atoms. The molecular weight excluding hydrogens is 348 g/mol. The first kappa shape index (κ1) is 17.2. The van der Waals surface area contributed by atoms with Crippen molar-refractivity contribution in [1.82, 2.24) is 28.9 Å². The van der Waals surface area contributed by atoms with Gasteiger partial charge in [-0.05, 0) is 18.9 Å². The molecule has 3 heterocycles. The minimum absolute atomic E-state index is 0.202. The summed E-state index contributed by atoms with van der Waals surface area (Å²) in [5.74, 6) is 0.625. The van der Waals surface area contributed by atoms with Crippen LogP contribution in [0.15, 0.2) is 26.5 Å². The third-order valence-corrected chi connectivity index (χ3v) is 4.21. The second-order valence-corrected chi connectivity index (χ2v) is 6.15. The summed E-state index contributed by atoms with van der Waals surface area (Å²) in [4.78, 5) is 43.0. The van der Waals surface area contributed by atoms with E-state index in [1.807, 2.05) is 0 Å². The van der Waals surface area contributed by atoms with Crippen molar-refractivity contribution in [2.24, 2.45) is 14.1 Å². The summed E-state index contributed by atoms with van der Waals surface area (Å²) in [5.41, 5.74) is -0.358. The molecule has 0 saturated carbocycles. The lowest BCUT2D eigenvalue weighted by Crippen LogP contribution is -2.36. The number of unbranched alkanes of at least 4 members (excludes halogenated alkanes) is 1. The van der Waals surface area contributed by atoms with Crippen molar-refractivity contribution in [2.45, 2.75) is 25.8 Å². The highest BCUT2D eigenvalue weighted by molar-refractivity contribution is 6.29. The number of halogens is 1. The SMILES string of the molecule is Cn1c(=O)c2[nH]c(CCCCn3nc(Cl)ccc3=O)nc2n(C)c1=O. The van der Waals surface area contributed by atoms with Crippen molar-refractivity contribution in [3.05, 3.63) is 54.3 Å². The molecule has 0 aromatic carbocycles. The summed E-state index contributed by atoms with van der Waals surface area (Å²) in [6, 6.07) is 2.84. The predicted octanol–water partition coefficient (Wildman–Crippen LogP) is 0.193. The first-order chi connectivity index (χ1) is 11.9. The Balaban J connectivity index is 1.72. The molecule has 0 fully saturated rings. The van der Waals surface area contributed by atoms with E-state index < -0.39 is 11.2 Å². The van der Waals surface area contributed by atoms with Crippen molar-refractivity contribution < 1.29 is 0 Å². The van der Waals surface area contributed by atoms with Crippen LogP contribution in [-0.2, 0) is 27.1 Å². The van der Waals surface area contributed by atoms with Gasteiger partial charge in [0.05, 0.1) is 0 Å². The third-order valence-electron chi connectivity index (χ3n) is 4.01. The Bertz CT molecular complexity index is 1110. The van der Waals surface area contributed by atoms with E-state index >= 15 is 0 Å². The Hall–Kier alpha value is -2.68. The van der Waals surface area contributed by atoms with E-state index in [9.17, 15) is 14.4 Å². The van der Waals surface area contributed by atoms with Crippen LogP contribution in [0.25, 0.3) is 11.2 Å². The second kappa shape index (κ2) is 6.67. The number of aromatic nitrogens is 6. The minimum atomic E-state index is -0.415. The van der Waals surface area contributed by atoms with Crippen LogP contribution in [0.3, 0.4) is 0 Å². The van der Waals surface area contributed by atoms with E-state index in [-0.39, 0.29) is 10.7 Å². The third kappa shape index (κ3) is 3.27. The molecule has 0 unspecified atom stereocenters. The monoisotopic (exact) mass is 364 g/mol. The zero-order valence-corrected chi connectivity index (χ0v) is 14.6. The Morgan fingerprint density at radius 2 is 1.88 bits per heavy atom. The van der Waals surface area contributed by atoms with Gasteiger partial charge in [-0.15, -0.1) is 0 Å². The van der Waals surface area contributed by atoms with Gasteiger partial charge in [0.2, 0.25) is 0 Å². The lowest BCUT2D eigenvalue weighted by atomic mass is 10.2. The summed E-state index contributed by atoms with van der Waals surface area (Å²) in [5, 5.41) is 4.23. The number of hydrogen-bond acceptors (Lipinski definition) is 5. The Morgan fingerprint density at radius 1 is 1.12 bits per heavy atom. The van der Waals surface area contributed by atoms with Crippen LogP contribution in [0.5, 0.6) is 0 Å². The number of fused-ring (bicyclic) bond motifs is 1. The van der Waals surface area contributed by atoms with Crippen molar-refractivity contribution in [1.29, 1.82) is 0 Å². The molecule has 0 radical (unpaired) electrons. The molecule has 25 heavy (non-hydrogen) atoms. The molecule has 0 saturated heterocycles. The predicted molar refractivity (Wildman–Crippen MR) is 93.0 cm³/mol. The first-order valence-corrected chi connectivity index (χ1v) is 8.14. The normalized spacial score (nSPS) is 11.3. The topological polar surface area (TPSA) is 108 Å². The first-order valence-electron chi connectivity index (χ1n) is 7.77. The average molecular weight is 365 g/mol. The van der Waals surface area contributed by atoms with Gasteiger partial charge in [-0.2, -0.15) is 5.10 Å². The number of aryl methyl sites for hydroxylation is 3. The molecule has 0 aliphatic carbocycles. The second-order valence-electron chi connectivity index (χ2n) is 5.76. The average Bonchev–Trinajstić information content (AvgIpc) is 3.02. The number of nitrogens with one attached hydrogen (secondary N) is 1. The number of nitrogens with zero attached hydrogens (tertiary/aromatic N) is 5. The van der Waals surface area contributed by atoms with Crippen LogP contribution in [0.2, 0.25) is 5.15 Å². The summed E-state index contributed by atoms with van der Waals surface area (Å²) >= 11 is 5.78. The molecular formula is C15H17ClN6O3. The minimum Gasteiger partial charge on any atom is -0.336 e. The highest BCUT2D eigenvalue weighted by atomic mass is 35.5. The molecule has 10 heteroatoms. The van der Waals surface area contributed by atoms with Gasteiger partial charge in [0.25, 0.3) is 11.1 Å². The van der Waals surface area contributed by atoms with E-state index in [1.165, 1.54) is 28.4 Å². The fraction of sp³-hybridized carbons (Fsp3) is 0.400. The molecule has 132 valence electrons. The van der Waals surface area contributed by atoms with Gasteiger partial charge < -0.3 is 4.98 Å². The number of aromatic amines is 1. The Labute approximate surface area is 146 Å². The van der Waals surface area contributed by atoms with E-state index in [0.29, 0.717) is 36.4 Å². The van der Waals surface area contributed by atoms with Crippen LogP contribution in [0.4, 0.5) is 0 Å². The molecule has 1 N–H and O–H groups in total. The van der Waals surface area contributed by atoms with Gasteiger partial charge in [-0.1, -0.05) is 11.6 Å². The van der Waals surface area contributed by atoms with Gasteiger partial charge in [0, 0.05) is 33.1 Å². The molecule has 0 atom stereocenters. The van der Waals surface area contributed by atoms with Gasteiger partial charge in [0.15, 0.2) is 5.65 Å². The summed E-state index contributed by atoms with van der Waals surface area (Å²) < 4.78 is 3.70. The van der Waals surface area contributed by atoms with Crippen molar-refractivity contribution >= 4 is 22.8 Å². The van der Waals surface area contributed by atoms with Gasteiger partial charge in [-0.25, -0.2) is 14.5 Å². The van der Waals surface area contributed by atoms with E-state index in [4.69, 9.17) is 11.6 Å². The summed E-state index contributed by atoms with van der Waals surface area (Å²) in [6.45, 7) is 0.444. The van der Waals surface area contributed by atoms with Crippen LogP contribution >= 0.6 is 11.6 Å². The largest absolute Gasteiger partial charge is 0.336 e. The van der Waals surface area contributed by atoms with E-state index in [1.54, 1.807) is 7.05 Å². The zero-order valence-electron chi connectivity index (χ0n) is 13.8. The van der Waals surface area contributed by atoms with Gasteiger partial charge in [-0.3, -0.25) is 18.7 Å². The number of H-pyrrole nitrogens is 1. The maximum absolute atomic E-state index is 12.1. The van der Waals surface area contributed by atoms with Crippen molar-refractivity contribution in [3.8, 4) is 0 Å². The van der Waals surface area contributed by atoms with Crippen LogP contribution < -0.4 is 16.8 Å². The van der Waals surface area contributed by atoms with Crippen molar-refractivity contribution in [2.75, 3.05) is 0 Å². The molecule has 3 aromatic rings. The van der Waals surface area contributed by atoms with E-state index in [2.05, 4.69) is 15.1 Å². The fourth-order valence-corrected chi connectivity index (χ4v) is 2.78. The molecule has 3 aromatic heterocycles.